The average molecular weight is 322 g/mol. The van der Waals surface area contributed by atoms with Crippen LogP contribution >= 0.6 is 23.8 Å². The van der Waals surface area contributed by atoms with E-state index in [-0.39, 0.29) is 0 Å². The van der Waals surface area contributed by atoms with Gasteiger partial charge in [-0.2, -0.15) is 0 Å². The molecule has 0 bridgehead atoms. The van der Waals surface area contributed by atoms with Crippen molar-refractivity contribution in [2.45, 2.75) is 6.42 Å². The largest absolute Gasteiger partial charge is 0.493 e. The molecule has 0 unspecified atom stereocenters. The summed E-state index contributed by atoms with van der Waals surface area (Å²) in [6.07, 6.45) is 0.781. The Balaban J connectivity index is 1.69. The summed E-state index contributed by atoms with van der Waals surface area (Å²) in [7, 11) is 0. The van der Waals surface area contributed by atoms with Crippen molar-refractivity contribution in [2.24, 2.45) is 5.73 Å². The molecule has 0 fully saturated rings. The maximum absolute atomic E-state index is 5.88. The maximum atomic E-state index is 5.88. The van der Waals surface area contributed by atoms with E-state index in [1.54, 1.807) is 6.07 Å². The van der Waals surface area contributed by atoms with Crippen LogP contribution in [0, 0.1) is 0 Å². The Kier molecular flexibility index (Phi) is 5.84. The smallest absolute Gasteiger partial charge is 0.120 e. The molecule has 21 heavy (non-hydrogen) atoms. The molecule has 2 N–H and O–H groups in total. The zero-order valence-electron chi connectivity index (χ0n) is 11.4. The first kappa shape index (κ1) is 15.6. The molecular formula is C16H16ClNO2S. The van der Waals surface area contributed by atoms with Gasteiger partial charge in [0.2, 0.25) is 0 Å². The van der Waals surface area contributed by atoms with Gasteiger partial charge in [0, 0.05) is 17.0 Å². The third kappa shape index (κ3) is 5.25. The lowest BCUT2D eigenvalue weighted by Crippen LogP contribution is -2.09. The van der Waals surface area contributed by atoms with E-state index in [1.807, 2.05) is 42.5 Å². The summed E-state index contributed by atoms with van der Waals surface area (Å²) in [5, 5.41) is 0.668. The third-order valence-corrected chi connectivity index (χ3v) is 3.23. The van der Waals surface area contributed by atoms with Gasteiger partial charge in [-0.15, -0.1) is 0 Å². The standard InChI is InChI=1S/C16H16ClNO2S/c17-13-3-1-4-15(11-13)20-10-2-9-19-14-7-5-12(6-8-14)16(18)21/h1,3-8,11H,2,9-10H2,(H2,18,21). The summed E-state index contributed by atoms with van der Waals surface area (Å²) in [5.41, 5.74) is 6.37. The fraction of sp³-hybridized carbons (Fsp3) is 0.188. The van der Waals surface area contributed by atoms with Gasteiger partial charge < -0.3 is 15.2 Å². The molecule has 2 rings (SSSR count). The molecular weight excluding hydrogens is 306 g/mol. The minimum atomic E-state index is 0.386. The van der Waals surface area contributed by atoms with E-state index in [1.165, 1.54) is 0 Å². The SMILES string of the molecule is NC(=S)c1ccc(OCCCOc2cccc(Cl)c2)cc1. The molecule has 2 aromatic carbocycles. The normalized spacial score (nSPS) is 10.1. The van der Waals surface area contributed by atoms with Crippen LogP contribution in [0.15, 0.2) is 48.5 Å². The number of thiocarbonyl (C=S) groups is 1. The second kappa shape index (κ2) is 7.86. The highest BCUT2D eigenvalue weighted by Gasteiger charge is 1.99. The van der Waals surface area contributed by atoms with E-state index in [0.29, 0.717) is 23.2 Å². The minimum Gasteiger partial charge on any atom is -0.493 e. The van der Waals surface area contributed by atoms with Crippen LogP contribution in [0.4, 0.5) is 0 Å². The molecule has 0 aliphatic heterocycles. The molecule has 0 radical (unpaired) electrons. The van der Waals surface area contributed by atoms with Crippen LogP contribution in [0.5, 0.6) is 11.5 Å². The fourth-order valence-corrected chi connectivity index (χ4v) is 2.03. The number of rotatable bonds is 7. The predicted molar refractivity (Wildman–Crippen MR) is 89.4 cm³/mol. The van der Waals surface area contributed by atoms with Crippen LogP contribution in [-0.4, -0.2) is 18.2 Å². The summed E-state index contributed by atoms with van der Waals surface area (Å²) in [4.78, 5) is 0.386. The summed E-state index contributed by atoms with van der Waals surface area (Å²) >= 11 is 10.8. The average Bonchev–Trinajstić information content (AvgIpc) is 2.47. The van der Waals surface area contributed by atoms with Gasteiger partial charge >= 0.3 is 0 Å². The maximum Gasteiger partial charge on any atom is 0.120 e. The van der Waals surface area contributed by atoms with Crippen molar-refractivity contribution in [3.63, 3.8) is 0 Å². The first-order valence-electron chi connectivity index (χ1n) is 6.56. The van der Waals surface area contributed by atoms with E-state index in [9.17, 15) is 0 Å². The number of halogens is 1. The van der Waals surface area contributed by atoms with Crippen molar-refractivity contribution in [1.82, 2.24) is 0 Å². The van der Waals surface area contributed by atoms with E-state index >= 15 is 0 Å². The summed E-state index contributed by atoms with van der Waals surface area (Å²) in [6, 6.07) is 14.7. The van der Waals surface area contributed by atoms with Crippen LogP contribution in [0.25, 0.3) is 0 Å². The molecule has 0 heterocycles. The number of ether oxygens (including phenoxy) is 2. The first-order chi connectivity index (χ1) is 10.1. The molecule has 2 aromatic rings. The van der Waals surface area contributed by atoms with Gasteiger partial charge in [0.25, 0.3) is 0 Å². The lowest BCUT2D eigenvalue weighted by atomic mass is 10.2. The van der Waals surface area contributed by atoms with Gasteiger partial charge in [0.1, 0.15) is 16.5 Å². The van der Waals surface area contributed by atoms with Crippen LogP contribution < -0.4 is 15.2 Å². The molecule has 0 amide bonds. The number of benzene rings is 2. The van der Waals surface area contributed by atoms with Crippen molar-refractivity contribution in [3.05, 3.63) is 59.1 Å². The van der Waals surface area contributed by atoms with E-state index in [0.717, 1.165) is 23.5 Å². The Morgan fingerprint density at radius 1 is 1.00 bits per heavy atom. The Bertz CT molecular complexity index is 601. The van der Waals surface area contributed by atoms with Crippen molar-refractivity contribution in [1.29, 1.82) is 0 Å². The van der Waals surface area contributed by atoms with Gasteiger partial charge in [-0.1, -0.05) is 29.9 Å². The van der Waals surface area contributed by atoms with E-state index < -0.39 is 0 Å². The van der Waals surface area contributed by atoms with Crippen LogP contribution in [-0.2, 0) is 0 Å². The molecule has 0 spiro atoms. The summed E-state index contributed by atoms with van der Waals surface area (Å²) in [6.45, 7) is 1.15. The number of nitrogens with two attached hydrogens (primary N) is 1. The molecule has 0 aliphatic carbocycles. The lowest BCUT2D eigenvalue weighted by molar-refractivity contribution is 0.247. The van der Waals surface area contributed by atoms with Crippen LogP contribution in [0.1, 0.15) is 12.0 Å². The Morgan fingerprint density at radius 2 is 1.67 bits per heavy atom. The zero-order valence-corrected chi connectivity index (χ0v) is 13.0. The molecule has 5 heteroatoms. The minimum absolute atomic E-state index is 0.386. The molecule has 3 nitrogen and oxygen atoms in total. The molecule has 0 atom stereocenters. The predicted octanol–water partition coefficient (Wildman–Crippen LogP) is 3.82. The molecule has 0 aromatic heterocycles. The second-order valence-corrected chi connectivity index (χ2v) is 5.27. The number of hydrogen-bond donors (Lipinski definition) is 1. The van der Waals surface area contributed by atoms with Gasteiger partial charge in [-0.25, -0.2) is 0 Å². The van der Waals surface area contributed by atoms with Gasteiger partial charge in [0.05, 0.1) is 13.2 Å². The fourth-order valence-electron chi connectivity index (χ4n) is 1.71. The Labute approximate surface area is 134 Å². The number of hydrogen-bond acceptors (Lipinski definition) is 3. The summed E-state index contributed by atoms with van der Waals surface area (Å²) < 4.78 is 11.2. The third-order valence-electron chi connectivity index (χ3n) is 2.76. The van der Waals surface area contributed by atoms with Crippen LogP contribution in [0.2, 0.25) is 5.02 Å². The molecule has 0 aliphatic rings. The lowest BCUT2D eigenvalue weighted by Gasteiger charge is -2.08. The molecule has 110 valence electrons. The van der Waals surface area contributed by atoms with Crippen molar-refractivity contribution in [3.8, 4) is 11.5 Å². The zero-order chi connectivity index (χ0) is 15.1. The van der Waals surface area contributed by atoms with E-state index in [2.05, 4.69) is 0 Å². The van der Waals surface area contributed by atoms with Gasteiger partial charge in [0.15, 0.2) is 0 Å². The highest BCUT2D eigenvalue weighted by Crippen LogP contribution is 2.17. The van der Waals surface area contributed by atoms with Crippen molar-refractivity contribution >= 4 is 28.8 Å². The summed E-state index contributed by atoms with van der Waals surface area (Å²) in [5.74, 6) is 1.56. The quantitative estimate of drug-likeness (QED) is 0.622. The topological polar surface area (TPSA) is 44.5 Å². The molecule has 0 saturated carbocycles. The molecule has 0 saturated heterocycles. The highest BCUT2D eigenvalue weighted by molar-refractivity contribution is 7.80. The highest BCUT2D eigenvalue weighted by atomic mass is 35.5. The van der Waals surface area contributed by atoms with E-state index in [4.69, 9.17) is 39.0 Å². The van der Waals surface area contributed by atoms with Gasteiger partial charge in [-0.05, 0) is 42.5 Å². The Hall–Kier alpha value is -1.78. The van der Waals surface area contributed by atoms with Crippen molar-refractivity contribution in [2.75, 3.05) is 13.2 Å². The first-order valence-corrected chi connectivity index (χ1v) is 7.35. The van der Waals surface area contributed by atoms with Gasteiger partial charge in [-0.3, -0.25) is 0 Å². The monoisotopic (exact) mass is 321 g/mol. The second-order valence-electron chi connectivity index (χ2n) is 4.40. The van der Waals surface area contributed by atoms with Crippen molar-refractivity contribution < 1.29 is 9.47 Å². The van der Waals surface area contributed by atoms with Crippen LogP contribution in [0.3, 0.4) is 0 Å². The Morgan fingerprint density at radius 3 is 2.29 bits per heavy atom.